The molecule has 0 aliphatic rings. The second-order valence-corrected chi connectivity index (χ2v) is 7.09. The molecule has 0 bridgehead atoms. The van der Waals surface area contributed by atoms with Crippen LogP contribution in [0.3, 0.4) is 0 Å². The molecule has 8 nitrogen and oxygen atoms in total. The van der Waals surface area contributed by atoms with Crippen molar-refractivity contribution >= 4 is 17.9 Å². The number of rotatable bonds is 6. The number of amides is 1. The fourth-order valence-corrected chi connectivity index (χ4v) is 3.10. The molecule has 3 aromatic rings. The first kappa shape index (κ1) is 22.4. The Labute approximate surface area is 185 Å². The van der Waals surface area contributed by atoms with E-state index in [9.17, 15) is 9.59 Å². The molecular formula is C24H23N5O3. The van der Waals surface area contributed by atoms with E-state index in [4.69, 9.17) is 15.0 Å². The molecule has 1 amide bonds. The Morgan fingerprint density at radius 3 is 2.66 bits per heavy atom. The summed E-state index contributed by atoms with van der Waals surface area (Å²) < 4.78 is 6.40. The van der Waals surface area contributed by atoms with Crippen molar-refractivity contribution in [2.45, 2.75) is 26.8 Å². The highest BCUT2D eigenvalue weighted by molar-refractivity contribution is 5.91. The molecule has 0 atom stereocenters. The van der Waals surface area contributed by atoms with Crippen LogP contribution >= 0.6 is 0 Å². The summed E-state index contributed by atoms with van der Waals surface area (Å²) >= 11 is 0. The van der Waals surface area contributed by atoms with Crippen LogP contribution in [0.15, 0.2) is 59.4 Å². The van der Waals surface area contributed by atoms with Gasteiger partial charge in [-0.05, 0) is 39.0 Å². The van der Waals surface area contributed by atoms with Crippen molar-refractivity contribution in [3.8, 4) is 28.6 Å². The van der Waals surface area contributed by atoms with Crippen LogP contribution in [0.1, 0.15) is 32.5 Å². The van der Waals surface area contributed by atoms with Crippen LogP contribution in [0.4, 0.5) is 10.5 Å². The van der Waals surface area contributed by atoms with Crippen molar-refractivity contribution in [1.82, 2.24) is 14.8 Å². The Hall–Kier alpha value is -4.25. The lowest BCUT2D eigenvalue weighted by atomic mass is 10.0. The molecule has 32 heavy (non-hydrogen) atoms. The highest BCUT2D eigenvalue weighted by Crippen LogP contribution is 2.33. The lowest BCUT2D eigenvalue weighted by molar-refractivity contribution is 0.168. The van der Waals surface area contributed by atoms with E-state index in [-0.39, 0.29) is 18.2 Å². The molecule has 0 unspecified atom stereocenters. The molecule has 2 heterocycles. The van der Waals surface area contributed by atoms with Gasteiger partial charge in [-0.3, -0.25) is 10.1 Å². The summed E-state index contributed by atoms with van der Waals surface area (Å²) in [5.41, 5.74) is 3.09. The Kier molecular flexibility index (Phi) is 7.13. The fraction of sp³-hybridized carbons (Fsp3) is 0.208. The Morgan fingerprint density at radius 2 is 2.00 bits per heavy atom. The lowest BCUT2D eigenvalue weighted by Gasteiger charge is -2.16. The highest BCUT2D eigenvalue weighted by atomic mass is 16.5. The minimum atomic E-state index is -0.639. The zero-order valence-corrected chi connectivity index (χ0v) is 18.1. The van der Waals surface area contributed by atoms with E-state index in [1.807, 2.05) is 50.2 Å². The van der Waals surface area contributed by atoms with Crippen molar-refractivity contribution in [2.75, 3.05) is 11.9 Å². The zero-order chi connectivity index (χ0) is 23.1. The number of pyridine rings is 1. The van der Waals surface area contributed by atoms with E-state index in [0.717, 1.165) is 5.56 Å². The van der Waals surface area contributed by atoms with Gasteiger partial charge in [0.15, 0.2) is 0 Å². The Morgan fingerprint density at radius 1 is 1.25 bits per heavy atom. The molecule has 0 saturated heterocycles. The van der Waals surface area contributed by atoms with E-state index < -0.39 is 6.09 Å². The molecule has 1 N–H and O–H groups in total. The maximum Gasteiger partial charge on any atom is 0.411 e. The second kappa shape index (κ2) is 10.2. The summed E-state index contributed by atoms with van der Waals surface area (Å²) in [5.74, 6) is 0. The summed E-state index contributed by atoms with van der Waals surface area (Å²) in [5, 5.41) is 16.2. The quantitative estimate of drug-likeness (QED) is 0.571. The SMILES string of the molecule is CCOC(=O)Nc1cc(-c2ccc(=O)n(C(C)C)n2)c(-c2ccccc2)nc1C=CC#N. The third kappa shape index (κ3) is 5.08. The van der Waals surface area contributed by atoms with Gasteiger partial charge in [-0.2, -0.15) is 10.4 Å². The van der Waals surface area contributed by atoms with Gasteiger partial charge in [0.1, 0.15) is 0 Å². The summed E-state index contributed by atoms with van der Waals surface area (Å²) in [4.78, 5) is 29.1. The molecule has 0 fully saturated rings. The summed E-state index contributed by atoms with van der Waals surface area (Å²) in [7, 11) is 0. The predicted octanol–water partition coefficient (Wildman–Crippen LogP) is 4.66. The van der Waals surface area contributed by atoms with Gasteiger partial charge in [-0.25, -0.2) is 14.5 Å². The number of carbonyl (C=O) groups excluding carboxylic acids is 1. The van der Waals surface area contributed by atoms with Crippen LogP contribution in [0, 0.1) is 11.3 Å². The van der Waals surface area contributed by atoms with Crippen LogP contribution in [-0.2, 0) is 4.74 Å². The monoisotopic (exact) mass is 429 g/mol. The van der Waals surface area contributed by atoms with Crippen LogP contribution in [0.2, 0.25) is 0 Å². The minimum Gasteiger partial charge on any atom is -0.450 e. The minimum absolute atomic E-state index is 0.134. The van der Waals surface area contributed by atoms with E-state index in [1.165, 1.54) is 22.9 Å². The van der Waals surface area contributed by atoms with E-state index in [0.29, 0.717) is 28.3 Å². The molecule has 1 aromatic carbocycles. The topological polar surface area (TPSA) is 110 Å². The molecule has 0 radical (unpaired) electrons. The first-order valence-electron chi connectivity index (χ1n) is 10.1. The number of aromatic nitrogens is 3. The third-order valence-corrected chi connectivity index (χ3v) is 4.52. The van der Waals surface area contributed by atoms with Crippen molar-refractivity contribution in [1.29, 1.82) is 5.26 Å². The van der Waals surface area contributed by atoms with Crippen molar-refractivity contribution < 1.29 is 9.53 Å². The van der Waals surface area contributed by atoms with E-state index in [2.05, 4.69) is 10.4 Å². The normalized spacial score (nSPS) is 10.8. The number of allylic oxidation sites excluding steroid dienone is 1. The molecule has 3 rings (SSSR count). The van der Waals surface area contributed by atoms with Gasteiger partial charge in [0.05, 0.1) is 41.5 Å². The predicted molar refractivity (Wildman–Crippen MR) is 123 cm³/mol. The Bertz CT molecular complexity index is 1240. The largest absolute Gasteiger partial charge is 0.450 e. The van der Waals surface area contributed by atoms with Crippen LogP contribution in [-0.4, -0.2) is 27.5 Å². The average Bonchev–Trinajstić information content (AvgIpc) is 2.79. The van der Waals surface area contributed by atoms with Crippen LogP contribution < -0.4 is 10.9 Å². The summed E-state index contributed by atoms with van der Waals surface area (Å²) in [6.45, 7) is 5.66. The average molecular weight is 429 g/mol. The van der Waals surface area contributed by atoms with Gasteiger partial charge in [0.25, 0.3) is 5.56 Å². The number of nitrogens with one attached hydrogen (secondary N) is 1. The molecule has 162 valence electrons. The maximum absolute atomic E-state index is 12.2. The van der Waals surface area contributed by atoms with Crippen LogP contribution in [0.25, 0.3) is 28.6 Å². The van der Waals surface area contributed by atoms with Gasteiger partial charge in [0.2, 0.25) is 0 Å². The number of ether oxygens (including phenoxy) is 1. The first-order chi connectivity index (χ1) is 15.4. The Balaban J connectivity index is 2.29. The lowest BCUT2D eigenvalue weighted by Crippen LogP contribution is -2.24. The van der Waals surface area contributed by atoms with Crippen molar-refractivity contribution in [2.24, 2.45) is 0 Å². The smallest absolute Gasteiger partial charge is 0.411 e. The number of nitrogens with zero attached hydrogens (tertiary/aromatic N) is 4. The maximum atomic E-state index is 12.2. The van der Waals surface area contributed by atoms with Crippen molar-refractivity contribution in [3.05, 3.63) is 70.7 Å². The summed E-state index contributed by atoms with van der Waals surface area (Å²) in [6.07, 6.45) is 2.16. The molecule has 8 heteroatoms. The fourth-order valence-electron chi connectivity index (χ4n) is 3.10. The number of hydrogen-bond acceptors (Lipinski definition) is 6. The van der Waals surface area contributed by atoms with Gasteiger partial charge in [-0.15, -0.1) is 0 Å². The van der Waals surface area contributed by atoms with E-state index >= 15 is 0 Å². The summed E-state index contributed by atoms with van der Waals surface area (Å²) in [6, 6.07) is 16.1. The zero-order valence-electron chi connectivity index (χ0n) is 18.1. The molecule has 0 aliphatic heterocycles. The molecular weight excluding hydrogens is 406 g/mol. The number of anilines is 1. The highest BCUT2D eigenvalue weighted by Gasteiger charge is 2.18. The molecule has 0 aliphatic carbocycles. The molecule has 2 aromatic heterocycles. The van der Waals surface area contributed by atoms with Crippen LogP contribution in [0.5, 0.6) is 0 Å². The molecule has 0 saturated carbocycles. The van der Waals surface area contributed by atoms with E-state index in [1.54, 1.807) is 19.1 Å². The van der Waals surface area contributed by atoms with Gasteiger partial charge in [-0.1, -0.05) is 30.3 Å². The third-order valence-electron chi connectivity index (χ3n) is 4.52. The number of nitriles is 1. The standard InChI is InChI=1S/C24H23N5O3/c1-4-32-24(31)27-21-15-18(19-12-13-22(30)29(28-19)16(2)3)23(17-9-6-5-7-10-17)26-20(21)11-8-14-25/h5-13,15-16H,4H2,1-3H3,(H,27,31). The number of benzene rings is 1. The van der Waals surface area contributed by atoms with Gasteiger partial charge in [0, 0.05) is 23.3 Å². The first-order valence-corrected chi connectivity index (χ1v) is 10.1. The number of hydrogen-bond donors (Lipinski definition) is 1. The molecule has 0 spiro atoms. The number of carbonyl (C=O) groups is 1. The second-order valence-electron chi connectivity index (χ2n) is 7.09. The van der Waals surface area contributed by atoms with Gasteiger partial charge < -0.3 is 4.74 Å². The van der Waals surface area contributed by atoms with Gasteiger partial charge >= 0.3 is 6.09 Å². The van der Waals surface area contributed by atoms with Crippen molar-refractivity contribution in [3.63, 3.8) is 0 Å².